The molecule has 0 aromatic carbocycles. The van der Waals surface area contributed by atoms with E-state index in [0.29, 0.717) is 6.42 Å². The Morgan fingerprint density at radius 3 is 2.56 bits per heavy atom. The van der Waals surface area contributed by atoms with Crippen LogP contribution in [0.4, 0.5) is 0 Å². The molecular weight excluding hydrogens is 206 g/mol. The quantitative estimate of drug-likeness (QED) is 0.780. The summed E-state index contributed by atoms with van der Waals surface area (Å²) >= 11 is 0. The predicted molar refractivity (Wildman–Crippen MR) is 62.5 cm³/mol. The molecule has 4 nitrogen and oxygen atoms in total. The normalized spacial score (nSPS) is 26.3. The topological polar surface area (TPSA) is 49.8 Å². The Balaban J connectivity index is 2.42. The SMILES string of the molecule is CCC(C)(C)N(C)CC1CCC(C(=O)O)O1. The predicted octanol–water partition coefficient (Wildman–Crippen LogP) is 1.74. The molecule has 0 aromatic heterocycles. The van der Waals surface area contributed by atoms with Crippen molar-refractivity contribution in [1.29, 1.82) is 0 Å². The van der Waals surface area contributed by atoms with Gasteiger partial charge in [-0.05, 0) is 40.2 Å². The van der Waals surface area contributed by atoms with Crippen LogP contribution in [-0.2, 0) is 9.53 Å². The number of carboxylic acid groups (broad SMARTS) is 1. The average molecular weight is 229 g/mol. The lowest BCUT2D eigenvalue weighted by Crippen LogP contribution is -2.44. The minimum absolute atomic E-state index is 0.0666. The van der Waals surface area contributed by atoms with Crippen molar-refractivity contribution in [1.82, 2.24) is 4.90 Å². The van der Waals surface area contributed by atoms with Crippen molar-refractivity contribution < 1.29 is 14.6 Å². The average Bonchev–Trinajstić information content (AvgIpc) is 2.66. The lowest BCUT2D eigenvalue weighted by atomic mass is 9.99. The first-order valence-corrected chi connectivity index (χ1v) is 5.96. The molecule has 4 heteroatoms. The summed E-state index contributed by atoms with van der Waals surface area (Å²) in [6.07, 6.45) is 2.03. The van der Waals surface area contributed by atoms with Gasteiger partial charge in [-0.3, -0.25) is 4.90 Å². The van der Waals surface area contributed by atoms with Crippen LogP contribution in [-0.4, -0.2) is 47.3 Å². The number of hydrogen-bond acceptors (Lipinski definition) is 3. The van der Waals surface area contributed by atoms with Gasteiger partial charge in [-0.25, -0.2) is 4.79 Å². The minimum atomic E-state index is -0.833. The van der Waals surface area contributed by atoms with Crippen molar-refractivity contribution in [2.75, 3.05) is 13.6 Å². The maximum Gasteiger partial charge on any atom is 0.332 e. The van der Waals surface area contributed by atoms with Crippen molar-refractivity contribution in [2.45, 2.75) is 57.8 Å². The molecule has 0 spiro atoms. The van der Waals surface area contributed by atoms with E-state index in [1.807, 2.05) is 0 Å². The molecule has 1 aliphatic heterocycles. The second-order valence-corrected chi connectivity index (χ2v) is 5.21. The molecule has 1 fully saturated rings. The molecule has 1 aliphatic rings. The van der Waals surface area contributed by atoms with Crippen molar-refractivity contribution in [2.24, 2.45) is 0 Å². The van der Waals surface area contributed by atoms with Crippen LogP contribution in [0.25, 0.3) is 0 Å². The van der Waals surface area contributed by atoms with E-state index in [2.05, 4.69) is 32.7 Å². The Kier molecular flexibility index (Phi) is 4.33. The smallest absolute Gasteiger partial charge is 0.332 e. The van der Waals surface area contributed by atoms with Crippen LogP contribution >= 0.6 is 0 Å². The Morgan fingerprint density at radius 2 is 2.12 bits per heavy atom. The number of carbonyl (C=O) groups is 1. The maximum atomic E-state index is 10.7. The fourth-order valence-corrected chi connectivity index (χ4v) is 1.84. The summed E-state index contributed by atoms with van der Waals surface area (Å²) in [4.78, 5) is 13.0. The standard InChI is InChI=1S/C12H23NO3/c1-5-12(2,3)13(4)8-9-6-7-10(16-9)11(14)15/h9-10H,5-8H2,1-4H3,(H,14,15). The highest BCUT2D eigenvalue weighted by Gasteiger charge is 2.33. The van der Waals surface area contributed by atoms with E-state index in [1.54, 1.807) is 0 Å². The summed E-state index contributed by atoms with van der Waals surface area (Å²) in [5.41, 5.74) is 0.144. The van der Waals surface area contributed by atoms with Crippen molar-refractivity contribution in [3.8, 4) is 0 Å². The van der Waals surface area contributed by atoms with Gasteiger partial charge in [0.05, 0.1) is 6.10 Å². The maximum absolute atomic E-state index is 10.7. The second kappa shape index (κ2) is 5.15. The highest BCUT2D eigenvalue weighted by Crippen LogP contribution is 2.24. The molecule has 0 aromatic rings. The van der Waals surface area contributed by atoms with Crippen LogP contribution in [0.2, 0.25) is 0 Å². The molecule has 1 heterocycles. The molecule has 1 N–H and O–H groups in total. The van der Waals surface area contributed by atoms with Crippen LogP contribution in [0.15, 0.2) is 0 Å². The molecule has 1 rings (SSSR count). The summed E-state index contributed by atoms with van der Waals surface area (Å²) in [7, 11) is 2.07. The van der Waals surface area contributed by atoms with Gasteiger partial charge in [-0.15, -0.1) is 0 Å². The molecule has 94 valence electrons. The van der Waals surface area contributed by atoms with Crippen molar-refractivity contribution in [3.63, 3.8) is 0 Å². The Morgan fingerprint density at radius 1 is 1.50 bits per heavy atom. The Hall–Kier alpha value is -0.610. The summed E-state index contributed by atoms with van der Waals surface area (Å²) in [5, 5.41) is 8.83. The molecule has 2 unspecified atom stereocenters. The van der Waals surface area contributed by atoms with E-state index in [-0.39, 0.29) is 11.6 Å². The monoisotopic (exact) mass is 229 g/mol. The number of rotatable bonds is 5. The third-order valence-corrected chi connectivity index (χ3v) is 3.76. The first-order valence-electron chi connectivity index (χ1n) is 5.96. The number of likely N-dealkylation sites (N-methyl/N-ethyl adjacent to an activating group) is 1. The van der Waals surface area contributed by atoms with E-state index in [9.17, 15) is 4.79 Å². The third kappa shape index (κ3) is 3.19. The van der Waals surface area contributed by atoms with Crippen LogP contribution < -0.4 is 0 Å². The van der Waals surface area contributed by atoms with E-state index in [1.165, 1.54) is 0 Å². The number of nitrogens with zero attached hydrogens (tertiary/aromatic N) is 1. The van der Waals surface area contributed by atoms with Gasteiger partial charge in [0.1, 0.15) is 0 Å². The first-order chi connectivity index (χ1) is 7.36. The van der Waals surface area contributed by atoms with Crippen molar-refractivity contribution in [3.05, 3.63) is 0 Å². The summed E-state index contributed by atoms with van der Waals surface area (Å²) in [5.74, 6) is -0.833. The Labute approximate surface area is 97.6 Å². The zero-order valence-corrected chi connectivity index (χ0v) is 10.7. The van der Waals surface area contributed by atoms with Crippen molar-refractivity contribution >= 4 is 5.97 Å². The summed E-state index contributed by atoms with van der Waals surface area (Å²) in [6.45, 7) is 7.35. The number of aliphatic carboxylic acids is 1. The molecule has 0 radical (unpaired) electrons. The molecule has 2 atom stereocenters. The van der Waals surface area contributed by atoms with Gasteiger partial charge in [0.15, 0.2) is 6.10 Å². The van der Waals surface area contributed by atoms with Gasteiger partial charge in [0.2, 0.25) is 0 Å². The van der Waals surface area contributed by atoms with Gasteiger partial charge in [-0.2, -0.15) is 0 Å². The van der Waals surface area contributed by atoms with Crippen LogP contribution in [0.3, 0.4) is 0 Å². The molecule has 1 saturated heterocycles. The Bertz CT molecular complexity index is 253. The van der Waals surface area contributed by atoms with E-state index < -0.39 is 12.1 Å². The highest BCUT2D eigenvalue weighted by molar-refractivity contribution is 5.72. The summed E-state index contributed by atoms with van der Waals surface area (Å²) in [6, 6.07) is 0. The van der Waals surface area contributed by atoms with Gasteiger partial charge >= 0.3 is 5.97 Å². The number of hydrogen-bond donors (Lipinski definition) is 1. The molecule has 16 heavy (non-hydrogen) atoms. The van der Waals surface area contributed by atoms with Gasteiger partial charge in [0.25, 0.3) is 0 Å². The molecule has 0 bridgehead atoms. The minimum Gasteiger partial charge on any atom is -0.479 e. The fraction of sp³-hybridized carbons (Fsp3) is 0.917. The molecule has 0 saturated carbocycles. The summed E-state index contributed by atoms with van der Waals surface area (Å²) < 4.78 is 5.49. The van der Waals surface area contributed by atoms with Crippen LogP contribution in [0.1, 0.15) is 40.0 Å². The van der Waals surface area contributed by atoms with E-state index in [4.69, 9.17) is 9.84 Å². The zero-order valence-electron chi connectivity index (χ0n) is 10.7. The molecule has 0 amide bonds. The van der Waals surface area contributed by atoms with Gasteiger partial charge < -0.3 is 9.84 Å². The van der Waals surface area contributed by atoms with Crippen LogP contribution in [0.5, 0.6) is 0 Å². The van der Waals surface area contributed by atoms with Crippen LogP contribution in [0, 0.1) is 0 Å². The lowest BCUT2D eigenvalue weighted by molar-refractivity contribution is -0.149. The lowest BCUT2D eigenvalue weighted by Gasteiger charge is -2.36. The molecular formula is C12H23NO3. The fourth-order valence-electron chi connectivity index (χ4n) is 1.84. The third-order valence-electron chi connectivity index (χ3n) is 3.76. The van der Waals surface area contributed by atoms with Gasteiger partial charge in [-0.1, -0.05) is 6.92 Å². The van der Waals surface area contributed by atoms with E-state index in [0.717, 1.165) is 19.4 Å². The second-order valence-electron chi connectivity index (χ2n) is 5.21. The van der Waals surface area contributed by atoms with E-state index >= 15 is 0 Å². The van der Waals surface area contributed by atoms with Gasteiger partial charge in [0, 0.05) is 12.1 Å². The zero-order chi connectivity index (χ0) is 12.3. The highest BCUT2D eigenvalue weighted by atomic mass is 16.5. The first kappa shape index (κ1) is 13.5. The largest absolute Gasteiger partial charge is 0.479 e. The molecule has 0 aliphatic carbocycles. The number of carboxylic acids is 1. The number of ether oxygens (including phenoxy) is 1.